The molecule has 0 fully saturated rings. The van der Waals surface area contributed by atoms with E-state index in [4.69, 9.17) is 10.9 Å². The van der Waals surface area contributed by atoms with Gasteiger partial charge in [-0.25, -0.2) is 4.98 Å². The Morgan fingerprint density at radius 1 is 1.35 bits per heavy atom. The van der Waals surface area contributed by atoms with E-state index in [9.17, 15) is 0 Å². The summed E-state index contributed by atoms with van der Waals surface area (Å²) in [5, 5.41) is 12.1. The van der Waals surface area contributed by atoms with Gasteiger partial charge in [0, 0.05) is 11.3 Å². The highest BCUT2D eigenvalue weighted by atomic mass is 16.4. The molecule has 0 amide bonds. The third-order valence-corrected chi connectivity index (χ3v) is 3.89. The number of amidine groups is 1. The van der Waals surface area contributed by atoms with E-state index in [1.165, 1.54) is 24.2 Å². The molecule has 0 bridgehead atoms. The van der Waals surface area contributed by atoms with Crippen LogP contribution in [0.1, 0.15) is 35.4 Å². The Morgan fingerprint density at radius 2 is 2.15 bits per heavy atom. The molecular formula is C15H18N4O. The lowest BCUT2D eigenvalue weighted by Gasteiger charge is -2.18. The number of rotatable bonds is 2. The lowest BCUT2D eigenvalue weighted by molar-refractivity contribution is 0.318. The summed E-state index contributed by atoms with van der Waals surface area (Å²) in [6.07, 6.45) is 6.30. The molecule has 2 aromatic rings. The molecule has 3 N–H and O–H groups in total. The molecule has 0 unspecified atom stereocenters. The van der Waals surface area contributed by atoms with Gasteiger partial charge in [-0.2, -0.15) is 0 Å². The molecule has 0 atom stereocenters. The lowest BCUT2D eigenvalue weighted by atomic mass is 10.00. The molecule has 1 aliphatic rings. The van der Waals surface area contributed by atoms with E-state index in [-0.39, 0.29) is 5.84 Å². The number of hydrogen-bond donors (Lipinski definition) is 2. The van der Waals surface area contributed by atoms with E-state index < -0.39 is 0 Å². The van der Waals surface area contributed by atoms with E-state index >= 15 is 0 Å². The van der Waals surface area contributed by atoms with Crippen molar-refractivity contribution in [2.75, 3.05) is 0 Å². The number of hydrogen-bond acceptors (Lipinski definition) is 3. The van der Waals surface area contributed by atoms with Crippen LogP contribution in [0.15, 0.2) is 29.7 Å². The van der Waals surface area contributed by atoms with Gasteiger partial charge in [0.25, 0.3) is 0 Å². The van der Waals surface area contributed by atoms with Gasteiger partial charge in [0.15, 0.2) is 5.84 Å². The highest BCUT2D eigenvalue weighted by molar-refractivity contribution is 6.00. The van der Waals surface area contributed by atoms with E-state index in [0.717, 1.165) is 29.7 Å². The minimum atomic E-state index is 0.127. The van der Waals surface area contributed by atoms with Gasteiger partial charge in [-0.1, -0.05) is 17.3 Å². The summed E-state index contributed by atoms with van der Waals surface area (Å²) in [6, 6.07) is 5.81. The van der Waals surface area contributed by atoms with E-state index in [1.54, 1.807) is 0 Å². The number of nitrogens with two attached hydrogens (primary N) is 1. The van der Waals surface area contributed by atoms with Crippen LogP contribution >= 0.6 is 0 Å². The van der Waals surface area contributed by atoms with Crippen molar-refractivity contribution in [3.8, 4) is 5.69 Å². The fraction of sp³-hybridized carbons (Fsp3) is 0.333. The quantitative estimate of drug-likeness (QED) is 0.380. The summed E-state index contributed by atoms with van der Waals surface area (Å²) in [6.45, 7) is 2.03. The first-order chi connectivity index (χ1) is 9.72. The van der Waals surface area contributed by atoms with Crippen LogP contribution < -0.4 is 5.73 Å². The molecule has 1 heterocycles. The van der Waals surface area contributed by atoms with Crippen LogP contribution in [0.3, 0.4) is 0 Å². The van der Waals surface area contributed by atoms with Gasteiger partial charge < -0.3 is 15.5 Å². The average Bonchev–Trinajstić information content (AvgIpc) is 2.90. The summed E-state index contributed by atoms with van der Waals surface area (Å²) in [5.41, 5.74) is 11.0. The molecule has 20 heavy (non-hydrogen) atoms. The van der Waals surface area contributed by atoms with Gasteiger partial charge in [0.1, 0.15) is 0 Å². The molecule has 0 saturated heterocycles. The van der Waals surface area contributed by atoms with Crippen LogP contribution in [0, 0.1) is 6.92 Å². The fourth-order valence-corrected chi connectivity index (χ4v) is 2.90. The second-order valence-corrected chi connectivity index (χ2v) is 5.17. The monoisotopic (exact) mass is 270 g/mol. The van der Waals surface area contributed by atoms with Crippen molar-refractivity contribution in [1.82, 2.24) is 9.55 Å². The summed E-state index contributed by atoms with van der Waals surface area (Å²) < 4.78 is 2.09. The van der Waals surface area contributed by atoms with Crippen LogP contribution in [-0.2, 0) is 12.8 Å². The van der Waals surface area contributed by atoms with Crippen molar-refractivity contribution < 1.29 is 5.21 Å². The lowest BCUT2D eigenvalue weighted by Crippen LogP contribution is -2.18. The maximum absolute atomic E-state index is 8.98. The summed E-state index contributed by atoms with van der Waals surface area (Å²) in [5.74, 6) is 0.127. The molecule has 5 heteroatoms. The number of para-hydroxylation sites is 1. The first kappa shape index (κ1) is 12.7. The van der Waals surface area contributed by atoms with Crippen LogP contribution in [-0.4, -0.2) is 20.6 Å². The predicted molar refractivity (Wildman–Crippen MR) is 77.5 cm³/mol. The van der Waals surface area contributed by atoms with Crippen LogP contribution in [0.5, 0.6) is 0 Å². The highest BCUT2D eigenvalue weighted by Crippen LogP contribution is 2.27. The van der Waals surface area contributed by atoms with Gasteiger partial charge in [0.05, 0.1) is 17.7 Å². The first-order valence-electron chi connectivity index (χ1n) is 6.85. The smallest absolute Gasteiger partial charge is 0.172 e. The molecule has 1 aromatic carbocycles. The number of benzene rings is 1. The second-order valence-electron chi connectivity index (χ2n) is 5.17. The Hall–Kier alpha value is -2.30. The maximum Gasteiger partial charge on any atom is 0.172 e. The van der Waals surface area contributed by atoms with Crippen molar-refractivity contribution >= 4 is 5.84 Å². The van der Waals surface area contributed by atoms with Crippen LogP contribution in [0.25, 0.3) is 5.69 Å². The van der Waals surface area contributed by atoms with Crippen molar-refractivity contribution in [2.24, 2.45) is 10.9 Å². The van der Waals surface area contributed by atoms with Crippen molar-refractivity contribution in [2.45, 2.75) is 32.6 Å². The first-order valence-corrected chi connectivity index (χ1v) is 6.85. The minimum Gasteiger partial charge on any atom is -0.409 e. The third-order valence-electron chi connectivity index (χ3n) is 3.89. The summed E-state index contributed by atoms with van der Waals surface area (Å²) in [7, 11) is 0. The topological polar surface area (TPSA) is 76.4 Å². The Bertz CT molecular complexity index is 673. The van der Waals surface area contributed by atoms with Gasteiger partial charge >= 0.3 is 0 Å². The summed E-state index contributed by atoms with van der Waals surface area (Å²) >= 11 is 0. The number of oxime groups is 1. The second kappa shape index (κ2) is 5.00. The van der Waals surface area contributed by atoms with E-state index in [2.05, 4.69) is 14.7 Å². The van der Waals surface area contributed by atoms with Crippen LogP contribution in [0.4, 0.5) is 0 Å². The van der Waals surface area contributed by atoms with Gasteiger partial charge in [-0.3, -0.25) is 0 Å². The number of aryl methyl sites for hydroxylation is 2. The molecule has 0 spiro atoms. The normalized spacial score (nSPS) is 15.2. The molecular weight excluding hydrogens is 252 g/mol. The van der Waals surface area contributed by atoms with Gasteiger partial charge in [-0.15, -0.1) is 0 Å². The number of imidazole rings is 1. The zero-order valence-corrected chi connectivity index (χ0v) is 11.5. The molecule has 0 saturated carbocycles. The number of fused-ring (bicyclic) bond motifs is 1. The SMILES string of the molecule is Cc1cccc(/C(N)=N/O)c1-n1cnc2c1CCCC2. The fourth-order valence-electron chi connectivity index (χ4n) is 2.90. The zero-order valence-electron chi connectivity index (χ0n) is 11.5. The Kier molecular flexibility index (Phi) is 3.18. The average molecular weight is 270 g/mol. The van der Waals surface area contributed by atoms with Crippen molar-refractivity contribution in [3.05, 3.63) is 47.0 Å². The Labute approximate surface area is 117 Å². The van der Waals surface area contributed by atoms with Gasteiger partial charge in [-0.05, 0) is 44.2 Å². The molecule has 0 aliphatic heterocycles. The predicted octanol–water partition coefficient (Wildman–Crippen LogP) is 2.15. The zero-order chi connectivity index (χ0) is 14.1. The standard InChI is InChI=1S/C15H18N4O/c1-10-5-4-6-11(15(16)18-20)14(10)19-9-17-12-7-2-3-8-13(12)19/h4-6,9,20H,2-3,7-8H2,1H3,(H2,16,18). The molecule has 3 rings (SSSR count). The molecule has 5 nitrogen and oxygen atoms in total. The highest BCUT2D eigenvalue weighted by Gasteiger charge is 2.19. The third kappa shape index (κ3) is 1.95. The molecule has 104 valence electrons. The minimum absolute atomic E-state index is 0.127. The molecule has 1 aliphatic carbocycles. The maximum atomic E-state index is 8.98. The van der Waals surface area contributed by atoms with Gasteiger partial charge in [0.2, 0.25) is 0 Å². The van der Waals surface area contributed by atoms with Crippen molar-refractivity contribution in [1.29, 1.82) is 0 Å². The number of aromatic nitrogens is 2. The Balaban J connectivity index is 2.22. The van der Waals surface area contributed by atoms with E-state index in [1.807, 2.05) is 31.5 Å². The van der Waals surface area contributed by atoms with Crippen LogP contribution in [0.2, 0.25) is 0 Å². The molecule has 0 radical (unpaired) electrons. The van der Waals surface area contributed by atoms with Crippen molar-refractivity contribution in [3.63, 3.8) is 0 Å². The summed E-state index contributed by atoms with van der Waals surface area (Å²) in [4.78, 5) is 4.52. The van der Waals surface area contributed by atoms with E-state index in [0.29, 0.717) is 0 Å². The Morgan fingerprint density at radius 3 is 2.95 bits per heavy atom. The number of nitrogens with zero attached hydrogens (tertiary/aromatic N) is 3. The molecule has 1 aromatic heterocycles. The largest absolute Gasteiger partial charge is 0.409 e.